The number of benzene rings is 2. The van der Waals surface area contributed by atoms with Crippen LogP contribution in [-0.4, -0.2) is 38.3 Å². The Balaban J connectivity index is 1.44. The Labute approximate surface area is 169 Å². The van der Waals surface area contributed by atoms with Crippen LogP contribution < -0.4 is 24.8 Å². The van der Waals surface area contributed by atoms with Gasteiger partial charge in [-0.2, -0.15) is 0 Å². The molecule has 0 atom stereocenters. The highest BCUT2D eigenvalue weighted by molar-refractivity contribution is 5.94. The molecule has 3 aromatic rings. The van der Waals surface area contributed by atoms with Gasteiger partial charge in [-0.1, -0.05) is 0 Å². The molecular weight excluding hydrogens is 370 g/mol. The summed E-state index contributed by atoms with van der Waals surface area (Å²) in [5.74, 6) is 2.71. The van der Waals surface area contributed by atoms with Crippen LogP contribution in [0.4, 0.5) is 11.5 Å². The van der Waals surface area contributed by atoms with Crippen LogP contribution in [0.2, 0.25) is 0 Å². The monoisotopic (exact) mass is 393 g/mol. The minimum Gasteiger partial charge on any atom is -0.497 e. The predicted molar refractivity (Wildman–Crippen MR) is 111 cm³/mol. The number of aromatic nitrogens is 1. The van der Waals surface area contributed by atoms with Gasteiger partial charge in [0, 0.05) is 11.9 Å². The normalized spacial score (nSPS) is 10.1. The molecule has 0 saturated heterocycles. The number of hydrogen-bond acceptors (Lipinski definition) is 6. The molecule has 7 heteroatoms. The van der Waals surface area contributed by atoms with Crippen LogP contribution in [0.15, 0.2) is 66.9 Å². The molecule has 0 aliphatic heterocycles. The van der Waals surface area contributed by atoms with Crippen LogP contribution in [0.3, 0.4) is 0 Å². The molecule has 2 N–H and O–H groups in total. The molecule has 0 radical (unpaired) electrons. The van der Waals surface area contributed by atoms with Crippen molar-refractivity contribution in [1.29, 1.82) is 0 Å². The van der Waals surface area contributed by atoms with Gasteiger partial charge in [-0.05, 0) is 60.7 Å². The number of rotatable bonds is 9. The van der Waals surface area contributed by atoms with E-state index in [9.17, 15) is 4.79 Å². The molecule has 0 bridgehead atoms. The van der Waals surface area contributed by atoms with Crippen molar-refractivity contribution in [2.75, 3.05) is 32.7 Å². The van der Waals surface area contributed by atoms with E-state index in [2.05, 4.69) is 15.6 Å². The Bertz CT molecular complexity index is 910. The third-order valence-corrected chi connectivity index (χ3v) is 4.10. The maximum Gasteiger partial charge on any atom is 0.252 e. The Kier molecular flexibility index (Phi) is 6.89. The minimum absolute atomic E-state index is 0.202. The summed E-state index contributed by atoms with van der Waals surface area (Å²) in [6, 6.07) is 18.3. The van der Waals surface area contributed by atoms with Gasteiger partial charge in [-0.25, -0.2) is 4.98 Å². The molecule has 0 fully saturated rings. The third-order valence-electron chi connectivity index (χ3n) is 4.10. The summed E-state index contributed by atoms with van der Waals surface area (Å²) in [7, 11) is 3.24. The van der Waals surface area contributed by atoms with Crippen LogP contribution in [0, 0.1) is 0 Å². The lowest BCUT2D eigenvalue weighted by Gasteiger charge is -2.09. The average Bonchev–Trinajstić information content (AvgIpc) is 2.78. The van der Waals surface area contributed by atoms with Crippen molar-refractivity contribution in [1.82, 2.24) is 10.3 Å². The van der Waals surface area contributed by atoms with Crippen LogP contribution in [0.25, 0.3) is 0 Å². The summed E-state index contributed by atoms with van der Waals surface area (Å²) in [5.41, 5.74) is 1.36. The molecule has 1 amide bonds. The molecular formula is C22H23N3O4. The van der Waals surface area contributed by atoms with E-state index in [-0.39, 0.29) is 5.91 Å². The summed E-state index contributed by atoms with van der Waals surface area (Å²) in [6.07, 6.45) is 1.53. The first-order chi connectivity index (χ1) is 14.2. The van der Waals surface area contributed by atoms with Gasteiger partial charge in [0.25, 0.3) is 5.91 Å². The van der Waals surface area contributed by atoms with Gasteiger partial charge in [0.2, 0.25) is 0 Å². The average molecular weight is 393 g/mol. The second-order valence-electron chi connectivity index (χ2n) is 6.07. The third kappa shape index (κ3) is 5.87. The van der Waals surface area contributed by atoms with E-state index in [1.54, 1.807) is 26.4 Å². The number of hydrogen-bond donors (Lipinski definition) is 2. The highest BCUT2D eigenvalue weighted by atomic mass is 16.5. The van der Waals surface area contributed by atoms with Crippen molar-refractivity contribution in [2.45, 2.75) is 0 Å². The fourth-order valence-corrected chi connectivity index (χ4v) is 2.53. The molecule has 2 aromatic carbocycles. The molecule has 150 valence electrons. The van der Waals surface area contributed by atoms with Crippen molar-refractivity contribution in [3.05, 3.63) is 72.4 Å². The van der Waals surface area contributed by atoms with E-state index in [0.29, 0.717) is 24.5 Å². The number of ether oxygens (including phenoxy) is 3. The highest BCUT2D eigenvalue weighted by Crippen LogP contribution is 2.19. The predicted octanol–water partition coefficient (Wildman–Crippen LogP) is 3.65. The number of amides is 1. The van der Waals surface area contributed by atoms with Crippen molar-refractivity contribution < 1.29 is 19.0 Å². The number of carbonyl (C=O) groups excluding carboxylic acids is 1. The molecule has 0 aliphatic rings. The molecule has 1 heterocycles. The van der Waals surface area contributed by atoms with E-state index in [0.717, 1.165) is 22.9 Å². The number of methoxy groups -OCH3 is 2. The molecule has 1 aromatic heterocycles. The number of anilines is 2. The Morgan fingerprint density at radius 1 is 0.862 bits per heavy atom. The van der Waals surface area contributed by atoms with Gasteiger partial charge in [-0.15, -0.1) is 0 Å². The van der Waals surface area contributed by atoms with E-state index >= 15 is 0 Å². The largest absolute Gasteiger partial charge is 0.497 e. The van der Waals surface area contributed by atoms with Crippen LogP contribution >= 0.6 is 0 Å². The first-order valence-electron chi connectivity index (χ1n) is 9.10. The second kappa shape index (κ2) is 9.98. The van der Waals surface area contributed by atoms with Crippen LogP contribution in [0.1, 0.15) is 10.4 Å². The zero-order valence-electron chi connectivity index (χ0n) is 16.3. The molecule has 0 unspecified atom stereocenters. The molecule has 29 heavy (non-hydrogen) atoms. The lowest BCUT2D eigenvalue weighted by molar-refractivity contribution is 0.0946. The van der Waals surface area contributed by atoms with Crippen molar-refractivity contribution >= 4 is 17.4 Å². The molecule has 3 rings (SSSR count). The van der Waals surface area contributed by atoms with Gasteiger partial charge < -0.3 is 24.8 Å². The summed E-state index contributed by atoms with van der Waals surface area (Å²) < 4.78 is 15.8. The maximum absolute atomic E-state index is 12.2. The summed E-state index contributed by atoms with van der Waals surface area (Å²) in [6.45, 7) is 0.749. The summed E-state index contributed by atoms with van der Waals surface area (Å²) >= 11 is 0. The fraction of sp³-hybridized carbons (Fsp3) is 0.182. The Morgan fingerprint density at radius 3 is 2.07 bits per heavy atom. The zero-order valence-corrected chi connectivity index (χ0v) is 16.3. The lowest BCUT2D eigenvalue weighted by atomic mass is 10.2. The molecule has 0 spiro atoms. The maximum atomic E-state index is 12.2. The van der Waals surface area contributed by atoms with Crippen molar-refractivity contribution in [3.63, 3.8) is 0 Å². The first kappa shape index (κ1) is 20.0. The number of carbonyl (C=O) groups is 1. The van der Waals surface area contributed by atoms with Gasteiger partial charge in [0.1, 0.15) is 29.7 Å². The van der Waals surface area contributed by atoms with Crippen molar-refractivity contribution in [3.8, 4) is 17.2 Å². The topological polar surface area (TPSA) is 81.7 Å². The van der Waals surface area contributed by atoms with Gasteiger partial charge in [0.15, 0.2) is 0 Å². The Morgan fingerprint density at radius 2 is 1.48 bits per heavy atom. The van der Waals surface area contributed by atoms with E-state index in [1.807, 2.05) is 48.5 Å². The summed E-state index contributed by atoms with van der Waals surface area (Å²) in [5, 5.41) is 5.98. The number of nitrogens with zero attached hydrogens (tertiary/aromatic N) is 1. The quantitative estimate of drug-likeness (QED) is 0.540. The molecule has 7 nitrogen and oxygen atoms in total. The van der Waals surface area contributed by atoms with Gasteiger partial charge in [-0.3, -0.25) is 4.79 Å². The van der Waals surface area contributed by atoms with Crippen LogP contribution in [-0.2, 0) is 0 Å². The Hall–Kier alpha value is -3.74. The number of nitrogens with one attached hydrogen (secondary N) is 2. The zero-order chi connectivity index (χ0) is 20.5. The molecule has 0 aliphatic carbocycles. The van der Waals surface area contributed by atoms with Gasteiger partial charge >= 0.3 is 0 Å². The SMILES string of the molecule is COc1ccc(Nc2ccc(C(=O)NCCOc3ccc(OC)cc3)cn2)cc1. The smallest absolute Gasteiger partial charge is 0.252 e. The van der Waals surface area contributed by atoms with Gasteiger partial charge in [0.05, 0.1) is 26.3 Å². The first-order valence-corrected chi connectivity index (χ1v) is 9.10. The number of pyridine rings is 1. The minimum atomic E-state index is -0.202. The van der Waals surface area contributed by atoms with E-state index in [1.165, 1.54) is 6.20 Å². The molecule has 0 saturated carbocycles. The van der Waals surface area contributed by atoms with Crippen molar-refractivity contribution in [2.24, 2.45) is 0 Å². The standard InChI is InChI=1S/C22H23N3O4/c1-27-18-6-4-17(5-7-18)25-21-12-3-16(15-24-21)22(26)23-13-14-29-20-10-8-19(28-2)9-11-20/h3-12,15H,13-14H2,1-2H3,(H,23,26)(H,24,25). The second-order valence-corrected chi connectivity index (χ2v) is 6.07. The lowest BCUT2D eigenvalue weighted by Crippen LogP contribution is -2.28. The highest BCUT2D eigenvalue weighted by Gasteiger charge is 2.06. The summed E-state index contributed by atoms with van der Waals surface area (Å²) in [4.78, 5) is 16.5. The van der Waals surface area contributed by atoms with E-state index < -0.39 is 0 Å². The fourth-order valence-electron chi connectivity index (χ4n) is 2.53. The van der Waals surface area contributed by atoms with Crippen LogP contribution in [0.5, 0.6) is 17.2 Å². The van der Waals surface area contributed by atoms with E-state index in [4.69, 9.17) is 14.2 Å².